The van der Waals surface area contributed by atoms with E-state index in [2.05, 4.69) is 39.8 Å². The van der Waals surface area contributed by atoms with Crippen molar-refractivity contribution in [2.45, 2.75) is 76.5 Å². The van der Waals surface area contributed by atoms with Gasteiger partial charge in [0.2, 0.25) is 5.91 Å². The summed E-state index contributed by atoms with van der Waals surface area (Å²) in [5, 5.41) is 6.71. The first-order valence-electron chi connectivity index (χ1n) is 10.6. The van der Waals surface area contributed by atoms with Gasteiger partial charge in [0.05, 0.1) is 6.04 Å². The van der Waals surface area contributed by atoms with Crippen LogP contribution in [0, 0.1) is 5.92 Å². The van der Waals surface area contributed by atoms with Crippen LogP contribution in [0.25, 0.3) is 0 Å². The molecule has 2 heterocycles. The molecule has 26 heavy (non-hydrogen) atoms. The van der Waals surface area contributed by atoms with E-state index < -0.39 is 0 Å². The smallest absolute Gasteiger partial charge is 0.237 e. The summed E-state index contributed by atoms with van der Waals surface area (Å²) < 4.78 is 0. The fourth-order valence-corrected chi connectivity index (χ4v) is 4.97. The van der Waals surface area contributed by atoms with Crippen molar-refractivity contribution in [3.05, 3.63) is 35.4 Å². The largest absolute Gasteiger partial charge is 0.351 e. The summed E-state index contributed by atoms with van der Waals surface area (Å²) in [4.78, 5) is 15.1. The number of hydrogen-bond acceptors (Lipinski definition) is 3. The zero-order valence-electron chi connectivity index (χ0n) is 15.9. The van der Waals surface area contributed by atoms with Gasteiger partial charge in [-0.3, -0.25) is 9.69 Å². The molecular weight excluding hydrogens is 322 g/mol. The van der Waals surface area contributed by atoms with Crippen molar-refractivity contribution < 1.29 is 4.79 Å². The number of hydrogen-bond donors (Lipinski definition) is 2. The number of benzene rings is 1. The quantitative estimate of drug-likeness (QED) is 0.852. The molecule has 2 aliphatic heterocycles. The van der Waals surface area contributed by atoms with E-state index in [1.165, 1.54) is 69.2 Å². The van der Waals surface area contributed by atoms with E-state index in [0.29, 0.717) is 18.5 Å². The second-order valence-electron chi connectivity index (χ2n) is 8.48. The summed E-state index contributed by atoms with van der Waals surface area (Å²) in [7, 11) is 0. The average Bonchev–Trinajstić information content (AvgIpc) is 3.12. The zero-order chi connectivity index (χ0) is 17.8. The lowest BCUT2D eigenvalue weighted by molar-refractivity contribution is -0.123. The molecule has 0 bridgehead atoms. The molecule has 4 heteroatoms. The molecule has 3 unspecified atom stereocenters. The van der Waals surface area contributed by atoms with E-state index in [4.69, 9.17) is 0 Å². The van der Waals surface area contributed by atoms with Crippen LogP contribution in [0.2, 0.25) is 0 Å². The van der Waals surface area contributed by atoms with Gasteiger partial charge in [-0.2, -0.15) is 0 Å². The van der Waals surface area contributed by atoms with Crippen LogP contribution in [-0.2, 0) is 17.9 Å². The third-order valence-electron chi connectivity index (χ3n) is 6.52. The zero-order valence-corrected chi connectivity index (χ0v) is 15.9. The third-order valence-corrected chi connectivity index (χ3v) is 6.52. The van der Waals surface area contributed by atoms with Crippen molar-refractivity contribution in [1.82, 2.24) is 15.5 Å². The molecular formula is C22H33N3O. The lowest BCUT2D eigenvalue weighted by Crippen LogP contribution is -2.42. The summed E-state index contributed by atoms with van der Waals surface area (Å²) in [6.45, 7) is 4.15. The van der Waals surface area contributed by atoms with Crippen LogP contribution in [-0.4, -0.2) is 36.0 Å². The Morgan fingerprint density at radius 1 is 1.00 bits per heavy atom. The lowest BCUT2D eigenvalue weighted by Gasteiger charge is -2.26. The van der Waals surface area contributed by atoms with Crippen molar-refractivity contribution in [2.75, 3.05) is 13.1 Å². The fraction of sp³-hybridized carbons (Fsp3) is 0.682. The number of likely N-dealkylation sites (tertiary alicyclic amines) is 1. The fourth-order valence-electron chi connectivity index (χ4n) is 4.97. The van der Waals surface area contributed by atoms with E-state index >= 15 is 0 Å². The van der Waals surface area contributed by atoms with Gasteiger partial charge in [-0.25, -0.2) is 0 Å². The number of amides is 1. The average molecular weight is 356 g/mol. The highest BCUT2D eigenvalue weighted by Crippen LogP contribution is 2.33. The molecule has 4 nitrogen and oxygen atoms in total. The monoisotopic (exact) mass is 355 g/mol. The highest BCUT2D eigenvalue weighted by atomic mass is 16.2. The van der Waals surface area contributed by atoms with Gasteiger partial charge >= 0.3 is 0 Å². The summed E-state index contributed by atoms with van der Waals surface area (Å²) >= 11 is 0. The molecule has 2 N–H and O–H groups in total. The second-order valence-corrected chi connectivity index (χ2v) is 8.48. The van der Waals surface area contributed by atoms with Crippen LogP contribution in [0.15, 0.2) is 24.3 Å². The van der Waals surface area contributed by atoms with Crippen molar-refractivity contribution in [3.8, 4) is 0 Å². The van der Waals surface area contributed by atoms with Crippen molar-refractivity contribution in [1.29, 1.82) is 0 Å². The lowest BCUT2D eigenvalue weighted by atomic mass is 9.85. The van der Waals surface area contributed by atoms with Crippen molar-refractivity contribution >= 4 is 5.91 Å². The number of rotatable bonds is 5. The molecule has 1 aliphatic carbocycles. The Morgan fingerprint density at radius 3 is 2.50 bits per heavy atom. The molecule has 2 saturated heterocycles. The summed E-state index contributed by atoms with van der Waals surface area (Å²) in [6.07, 6.45) is 10.2. The van der Waals surface area contributed by atoms with Crippen molar-refractivity contribution in [2.24, 2.45) is 5.92 Å². The first-order valence-corrected chi connectivity index (χ1v) is 10.6. The molecule has 3 aliphatic rings. The maximum absolute atomic E-state index is 12.5. The Kier molecular flexibility index (Phi) is 5.91. The minimum atomic E-state index is 0.0153. The normalized spacial score (nSPS) is 29.3. The van der Waals surface area contributed by atoms with Gasteiger partial charge in [-0.15, -0.1) is 0 Å². The van der Waals surface area contributed by atoms with Gasteiger partial charge < -0.3 is 10.6 Å². The Labute approximate surface area is 157 Å². The standard InChI is InChI=1S/C22H33N3O/c26-22(21-14-19-6-2-3-7-20(19)24-21)23-15-17-8-10-18(11-9-17)16-25-12-4-1-5-13-25/h8-11,19-21,24H,1-7,12-16H2,(H,23,26). The van der Waals surface area contributed by atoms with Crippen LogP contribution in [0.3, 0.4) is 0 Å². The molecule has 1 saturated carbocycles. The van der Waals surface area contributed by atoms with Crippen LogP contribution >= 0.6 is 0 Å². The molecule has 3 fully saturated rings. The molecule has 142 valence electrons. The maximum Gasteiger partial charge on any atom is 0.237 e. The SMILES string of the molecule is O=C(NCc1ccc(CN2CCCCC2)cc1)C1CC2CCCCC2N1. The number of carbonyl (C=O) groups excluding carboxylic acids is 1. The van der Waals surface area contributed by atoms with Crippen LogP contribution in [0.4, 0.5) is 0 Å². The Bertz CT molecular complexity index is 580. The maximum atomic E-state index is 12.5. The first kappa shape index (κ1) is 18.0. The first-order chi connectivity index (χ1) is 12.8. The molecule has 0 aromatic heterocycles. The van der Waals surface area contributed by atoms with Gasteiger partial charge in [0.15, 0.2) is 0 Å². The van der Waals surface area contributed by atoms with Gasteiger partial charge in [-0.1, -0.05) is 43.5 Å². The van der Waals surface area contributed by atoms with E-state index in [1.807, 2.05) is 0 Å². The van der Waals surface area contributed by atoms with E-state index in [0.717, 1.165) is 13.0 Å². The number of fused-ring (bicyclic) bond motifs is 1. The predicted molar refractivity (Wildman–Crippen MR) is 105 cm³/mol. The minimum absolute atomic E-state index is 0.0153. The van der Waals surface area contributed by atoms with Crippen LogP contribution < -0.4 is 10.6 Å². The molecule has 3 atom stereocenters. The Balaban J connectivity index is 1.23. The highest BCUT2D eigenvalue weighted by Gasteiger charge is 2.37. The molecule has 1 aromatic carbocycles. The molecule has 0 spiro atoms. The topological polar surface area (TPSA) is 44.4 Å². The molecule has 0 radical (unpaired) electrons. The van der Waals surface area contributed by atoms with Crippen LogP contribution in [0.1, 0.15) is 62.5 Å². The predicted octanol–water partition coefficient (Wildman–Crippen LogP) is 3.21. The molecule has 1 aromatic rings. The molecule has 1 amide bonds. The number of piperidine rings is 1. The summed E-state index contributed by atoms with van der Waals surface area (Å²) in [5.41, 5.74) is 2.57. The van der Waals surface area contributed by atoms with Gasteiger partial charge in [0, 0.05) is 19.1 Å². The summed E-state index contributed by atoms with van der Waals surface area (Å²) in [6, 6.07) is 9.37. The summed E-state index contributed by atoms with van der Waals surface area (Å²) in [5.74, 6) is 0.894. The third kappa shape index (κ3) is 4.47. The minimum Gasteiger partial charge on any atom is -0.351 e. The van der Waals surface area contributed by atoms with Gasteiger partial charge in [0.1, 0.15) is 0 Å². The second kappa shape index (κ2) is 8.53. The van der Waals surface area contributed by atoms with Gasteiger partial charge in [-0.05, 0) is 62.2 Å². The van der Waals surface area contributed by atoms with Crippen molar-refractivity contribution in [3.63, 3.8) is 0 Å². The Hall–Kier alpha value is -1.39. The molecule has 4 rings (SSSR count). The van der Waals surface area contributed by atoms with Crippen LogP contribution in [0.5, 0.6) is 0 Å². The van der Waals surface area contributed by atoms with Gasteiger partial charge in [0.25, 0.3) is 0 Å². The number of carbonyl (C=O) groups is 1. The highest BCUT2D eigenvalue weighted by molar-refractivity contribution is 5.82. The van der Waals surface area contributed by atoms with E-state index in [-0.39, 0.29) is 11.9 Å². The van der Waals surface area contributed by atoms with E-state index in [1.54, 1.807) is 0 Å². The number of nitrogens with one attached hydrogen (secondary N) is 2. The Morgan fingerprint density at radius 2 is 1.73 bits per heavy atom. The number of nitrogens with zero attached hydrogens (tertiary/aromatic N) is 1. The van der Waals surface area contributed by atoms with E-state index in [9.17, 15) is 4.79 Å².